The van der Waals surface area contributed by atoms with E-state index in [0.29, 0.717) is 11.3 Å². The second-order valence-electron chi connectivity index (χ2n) is 7.39. The van der Waals surface area contributed by atoms with Crippen LogP contribution in [-0.2, 0) is 4.79 Å². The molecule has 0 atom stereocenters. The number of anilines is 1. The van der Waals surface area contributed by atoms with Crippen LogP contribution in [0.5, 0.6) is 0 Å². The molecule has 5 nitrogen and oxygen atoms in total. The predicted octanol–water partition coefficient (Wildman–Crippen LogP) is 4.60. The van der Waals surface area contributed by atoms with Gasteiger partial charge in [-0.15, -0.1) is 0 Å². The van der Waals surface area contributed by atoms with Gasteiger partial charge in [0.05, 0.1) is 11.3 Å². The lowest BCUT2D eigenvalue weighted by Gasteiger charge is -2.18. The Balaban J connectivity index is 1.41. The Morgan fingerprint density at radius 2 is 1.61 bits per heavy atom. The van der Waals surface area contributed by atoms with Gasteiger partial charge in [-0.1, -0.05) is 54.6 Å². The van der Waals surface area contributed by atoms with Crippen molar-refractivity contribution >= 4 is 51.7 Å². The number of hydrogen-bond acceptors (Lipinski definition) is 3. The van der Waals surface area contributed by atoms with Crippen molar-refractivity contribution in [2.45, 2.75) is 12.8 Å². The molecule has 2 amide bonds. The van der Waals surface area contributed by atoms with Crippen LogP contribution in [0.4, 0.5) is 5.69 Å². The van der Waals surface area contributed by atoms with Gasteiger partial charge in [0, 0.05) is 19.2 Å². The Kier molecular flexibility index (Phi) is 6.38. The molecular formula is C25H23N3O2S. The normalized spacial score (nSPS) is 13.5. The van der Waals surface area contributed by atoms with Gasteiger partial charge in [-0.2, -0.15) is 0 Å². The lowest BCUT2D eigenvalue weighted by molar-refractivity contribution is -0.115. The van der Waals surface area contributed by atoms with Gasteiger partial charge in [-0.25, -0.2) is 0 Å². The Morgan fingerprint density at radius 1 is 0.903 bits per heavy atom. The van der Waals surface area contributed by atoms with E-state index in [1.54, 1.807) is 18.2 Å². The highest BCUT2D eigenvalue weighted by atomic mass is 32.1. The summed E-state index contributed by atoms with van der Waals surface area (Å²) in [4.78, 5) is 27.0. The number of thiocarbonyl (C=S) groups is 1. The SMILES string of the molecule is O=C(/C=C/c1cccc2ccccc12)NC(=S)Nc1ccccc1C(=O)N1CCCC1. The van der Waals surface area contributed by atoms with E-state index < -0.39 is 0 Å². The molecule has 0 radical (unpaired) electrons. The first-order chi connectivity index (χ1) is 15.1. The number of hydrogen-bond donors (Lipinski definition) is 2. The Hall–Kier alpha value is -3.51. The third-order valence-corrected chi connectivity index (χ3v) is 5.48. The standard InChI is InChI=1S/C25H23N3O2S/c29-23(15-14-19-10-7-9-18-8-1-2-11-20(18)19)27-25(31)26-22-13-4-3-12-21(22)24(30)28-16-5-6-17-28/h1-4,7-15H,5-6,16-17H2,(H2,26,27,29,31)/b15-14+. The molecule has 31 heavy (non-hydrogen) atoms. The van der Waals surface area contributed by atoms with E-state index in [1.807, 2.05) is 59.5 Å². The van der Waals surface area contributed by atoms with Crippen molar-refractivity contribution in [3.05, 3.63) is 83.9 Å². The van der Waals surface area contributed by atoms with Gasteiger partial charge in [-0.3, -0.25) is 14.9 Å². The van der Waals surface area contributed by atoms with E-state index in [-0.39, 0.29) is 16.9 Å². The number of carbonyl (C=O) groups is 2. The number of amides is 2. The molecule has 1 aliphatic rings. The summed E-state index contributed by atoms with van der Waals surface area (Å²) in [5, 5.41) is 7.98. The van der Waals surface area contributed by atoms with Crippen molar-refractivity contribution in [2.24, 2.45) is 0 Å². The van der Waals surface area contributed by atoms with Crippen LogP contribution in [0.2, 0.25) is 0 Å². The largest absolute Gasteiger partial charge is 0.339 e. The van der Waals surface area contributed by atoms with Gasteiger partial charge in [0.2, 0.25) is 5.91 Å². The highest BCUT2D eigenvalue weighted by molar-refractivity contribution is 7.80. The zero-order valence-corrected chi connectivity index (χ0v) is 17.8. The molecule has 3 aromatic rings. The maximum absolute atomic E-state index is 12.8. The minimum atomic E-state index is -0.339. The molecule has 0 aliphatic carbocycles. The van der Waals surface area contributed by atoms with E-state index in [0.717, 1.165) is 42.3 Å². The highest BCUT2D eigenvalue weighted by Gasteiger charge is 2.21. The lowest BCUT2D eigenvalue weighted by atomic mass is 10.0. The fraction of sp³-hybridized carbons (Fsp3) is 0.160. The molecule has 0 unspecified atom stereocenters. The van der Waals surface area contributed by atoms with Crippen molar-refractivity contribution in [3.63, 3.8) is 0 Å². The molecule has 1 aliphatic heterocycles. The van der Waals surface area contributed by atoms with E-state index in [4.69, 9.17) is 12.2 Å². The third-order valence-electron chi connectivity index (χ3n) is 5.27. The molecule has 0 bridgehead atoms. The summed E-state index contributed by atoms with van der Waals surface area (Å²) in [7, 11) is 0. The molecule has 1 saturated heterocycles. The molecule has 0 saturated carbocycles. The van der Waals surface area contributed by atoms with Gasteiger partial charge in [0.25, 0.3) is 5.91 Å². The van der Waals surface area contributed by atoms with E-state index in [2.05, 4.69) is 10.6 Å². The minimum Gasteiger partial charge on any atom is -0.339 e. The molecule has 1 fully saturated rings. The van der Waals surface area contributed by atoms with Crippen LogP contribution < -0.4 is 10.6 Å². The van der Waals surface area contributed by atoms with E-state index in [1.165, 1.54) is 6.08 Å². The number of benzene rings is 3. The molecule has 3 aromatic carbocycles. The number of carbonyl (C=O) groups excluding carboxylic acids is 2. The van der Waals surface area contributed by atoms with Crippen molar-refractivity contribution in [3.8, 4) is 0 Å². The van der Waals surface area contributed by atoms with Crippen molar-refractivity contribution in [2.75, 3.05) is 18.4 Å². The zero-order chi connectivity index (χ0) is 21.6. The van der Waals surface area contributed by atoms with Crippen LogP contribution >= 0.6 is 12.2 Å². The Morgan fingerprint density at radius 3 is 2.45 bits per heavy atom. The Bertz CT molecular complexity index is 1160. The fourth-order valence-electron chi connectivity index (χ4n) is 3.74. The van der Waals surface area contributed by atoms with Gasteiger partial charge in [0.15, 0.2) is 5.11 Å². The fourth-order valence-corrected chi connectivity index (χ4v) is 3.95. The summed E-state index contributed by atoms with van der Waals surface area (Å²) in [6.07, 6.45) is 5.28. The van der Waals surface area contributed by atoms with Crippen molar-refractivity contribution < 1.29 is 9.59 Å². The second-order valence-corrected chi connectivity index (χ2v) is 7.80. The molecule has 1 heterocycles. The number of nitrogens with one attached hydrogen (secondary N) is 2. The van der Waals surface area contributed by atoms with Crippen LogP contribution in [0.1, 0.15) is 28.8 Å². The predicted molar refractivity (Wildman–Crippen MR) is 129 cm³/mol. The molecule has 0 aromatic heterocycles. The average molecular weight is 430 g/mol. The quantitative estimate of drug-likeness (QED) is 0.470. The Labute approximate surface area is 186 Å². The first kappa shape index (κ1) is 20.8. The summed E-state index contributed by atoms with van der Waals surface area (Å²) in [6, 6.07) is 21.2. The number of nitrogens with zero attached hydrogens (tertiary/aromatic N) is 1. The van der Waals surface area contributed by atoms with E-state index in [9.17, 15) is 9.59 Å². The van der Waals surface area contributed by atoms with Crippen LogP contribution in [0.25, 0.3) is 16.8 Å². The molecule has 6 heteroatoms. The molecular weight excluding hydrogens is 406 g/mol. The smallest absolute Gasteiger partial charge is 0.255 e. The summed E-state index contributed by atoms with van der Waals surface area (Å²) in [6.45, 7) is 1.54. The monoisotopic (exact) mass is 429 g/mol. The second kappa shape index (κ2) is 9.53. The van der Waals surface area contributed by atoms with Crippen LogP contribution in [0, 0.1) is 0 Å². The minimum absolute atomic E-state index is 0.0226. The van der Waals surface area contributed by atoms with Crippen LogP contribution in [-0.4, -0.2) is 34.9 Å². The summed E-state index contributed by atoms with van der Waals surface area (Å²) < 4.78 is 0. The summed E-state index contributed by atoms with van der Waals surface area (Å²) in [5.41, 5.74) is 2.09. The first-order valence-corrected chi connectivity index (χ1v) is 10.7. The van der Waals surface area contributed by atoms with E-state index >= 15 is 0 Å². The van der Waals surface area contributed by atoms with Gasteiger partial charge in [0.1, 0.15) is 0 Å². The van der Waals surface area contributed by atoms with Crippen molar-refractivity contribution in [1.82, 2.24) is 10.2 Å². The average Bonchev–Trinajstić information content (AvgIpc) is 3.32. The number of likely N-dealkylation sites (tertiary alicyclic amines) is 1. The topological polar surface area (TPSA) is 61.4 Å². The summed E-state index contributed by atoms with van der Waals surface area (Å²) >= 11 is 5.30. The van der Waals surface area contributed by atoms with Gasteiger partial charge in [-0.05, 0) is 59.6 Å². The maximum Gasteiger partial charge on any atom is 0.255 e. The molecule has 0 spiro atoms. The number of rotatable bonds is 4. The molecule has 2 N–H and O–H groups in total. The van der Waals surface area contributed by atoms with Gasteiger partial charge >= 0.3 is 0 Å². The maximum atomic E-state index is 12.8. The summed E-state index contributed by atoms with van der Waals surface area (Å²) in [5.74, 6) is -0.362. The van der Waals surface area contributed by atoms with Crippen molar-refractivity contribution in [1.29, 1.82) is 0 Å². The van der Waals surface area contributed by atoms with Gasteiger partial charge < -0.3 is 10.2 Å². The molecule has 156 valence electrons. The number of fused-ring (bicyclic) bond motifs is 1. The number of para-hydroxylation sites is 1. The zero-order valence-electron chi connectivity index (χ0n) is 17.0. The first-order valence-electron chi connectivity index (χ1n) is 10.3. The lowest BCUT2D eigenvalue weighted by Crippen LogP contribution is -2.34. The molecule has 4 rings (SSSR count). The van der Waals surface area contributed by atoms with Crippen LogP contribution in [0.3, 0.4) is 0 Å². The highest BCUT2D eigenvalue weighted by Crippen LogP contribution is 2.21. The third kappa shape index (κ3) is 4.98. The van der Waals surface area contributed by atoms with Crippen LogP contribution in [0.15, 0.2) is 72.8 Å².